The molecular formula is C12H16ClNO. The highest BCUT2D eigenvalue weighted by Gasteiger charge is 2.14. The molecule has 1 aliphatic rings. The van der Waals surface area contributed by atoms with Crippen molar-refractivity contribution in [2.24, 2.45) is 5.92 Å². The summed E-state index contributed by atoms with van der Waals surface area (Å²) < 4.78 is 5.73. The number of rotatable bonds is 3. The highest BCUT2D eigenvalue weighted by atomic mass is 35.5. The van der Waals surface area contributed by atoms with Gasteiger partial charge >= 0.3 is 0 Å². The Morgan fingerprint density at radius 2 is 2.40 bits per heavy atom. The van der Waals surface area contributed by atoms with Crippen LogP contribution in [0.2, 0.25) is 5.02 Å². The van der Waals surface area contributed by atoms with E-state index < -0.39 is 0 Å². The Hall–Kier alpha value is -0.730. The first-order valence-electron chi connectivity index (χ1n) is 5.35. The second kappa shape index (κ2) is 4.86. The summed E-state index contributed by atoms with van der Waals surface area (Å²) in [5, 5.41) is 4.12. The standard InChI is InChI=1S/C12H16ClNO/c1-9-6-11(2-3-12(9)13)15-8-10-4-5-14-7-10/h2-3,6,10,14H,4-5,7-8H2,1H3/t10-/m1/s1. The molecule has 0 amide bonds. The minimum absolute atomic E-state index is 0.654. The van der Waals surface area contributed by atoms with Crippen molar-refractivity contribution in [3.05, 3.63) is 28.8 Å². The summed E-state index contributed by atoms with van der Waals surface area (Å²) >= 11 is 5.94. The van der Waals surface area contributed by atoms with E-state index in [2.05, 4.69) is 5.32 Å². The van der Waals surface area contributed by atoms with Crippen LogP contribution in [0.25, 0.3) is 0 Å². The fourth-order valence-electron chi connectivity index (χ4n) is 1.78. The summed E-state index contributed by atoms with van der Waals surface area (Å²) in [6.07, 6.45) is 1.21. The largest absolute Gasteiger partial charge is 0.493 e. The van der Waals surface area contributed by atoms with E-state index in [0.29, 0.717) is 5.92 Å². The maximum atomic E-state index is 5.94. The van der Waals surface area contributed by atoms with Gasteiger partial charge < -0.3 is 10.1 Å². The van der Waals surface area contributed by atoms with Gasteiger partial charge in [0.25, 0.3) is 0 Å². The lowest BCUT2D eigenvalue weighted by molar-refractivity contribution is 0.260. The van der Waals surface area contributed by atoms with Crippen LogP contribution in [0.1, 0.15) is 12.0 Å². The Bertz CT molecular complexity index is 334. The fraction of sp³-hybridized carbons (Fsp3) is 0.500. The SMILES string of the molecule is Cc1cc(OC[C@@H]2CCNC2)ccc1Cl. The van der Waals surface area contributed by atoms with Crippen LogP contribution in [0, 0.1) is 12.8 Å². The van der Waals surface area contributed by atoms with E-state index in [1.807, 2.05) is 25.1 Å². The summed E-state index contributed by atoms with van der Waals surface area (Å²) in [7, 11) is 0. The third-order valence-corrected chi connectivity index (χ3v) is 3.20. The molecule has 2 rings (SSSR count). The summed E-state index contributed by atoms with van der Waals surface area (Å²) in [6.45, 7) is 4.99. The van der Waals surface area contributed by atoms with Gasteiger partial charge in [0.15, 0.2) is 0 Å². The second-order valence-electron chi connectivity index (χ2n) is 4.08. The molecule has 0 unspecified atom stereocenters. The quantitative estimate of drug-likeness (QED) is 0.854. The van der Waals surface area contributed by atoms with Crippen LogP contribution in [0.3, 0.4) is 0 Å². The van der Waals surface area contributed by atoms with Gasteiger partial charge in [-0.05, 0) is 43.7 Å². The van der Waals surface area contributed by atoms with Crippen molar-refractivity contribution < 1.29 is 4.74 Å². The van der Waals surface area contributed by atoms with Gasteiger partial charge in [-0.25, -0.2) is 0 Å². The van der Waals surface area contributed by atoms with Gasteiger partial charge in [0.05, 0.1) is 6.61 Å². The smallest absolute Gasteiger partial charge is 0.119 e. The van der Waals surface area contributed by atoms with Crippen molar-refractivity contribution in [1.82, 2.24) is 5.32 Å². The first kappa shape index (κ1) is 10.8. The Kier molecular flexibility index (Phi) is 3.49. The molecule has 15 heavy (non-hydrogen) atoms. The summed E-state index contributed by atoms with van der Waals surface area (Å²) in [4.78, 5) is 0. The van der Waals surface area contributed by atoms with E-state index in [4.69, 9.17) is 16.3 Å². The third-order valence-electron chi connectivity index (χ3n) is 2.78. The number of hydrogen-bond donors (Lipinski definition) is 1. The zero-order valence-corrected chi connectivity index (χ0v) is 9.68. The lowest BCUT2D eigenvalue weighted by Crippen LogP contribution is -2.15. The van der Waals surface area contributed by atoms with Crippen molar-refractivity contribution in [3.63, 3.8) is 0 Å². The molecule has 0 radical (unpaired) electrons. The number of benzene rings is 1. The predicted octanol–water partition coefficient (Wildman–Crippen LogP) is 2.64. The van der Waals surface area contributed by atoms with Gasteiger partial charge in [-0.1, -0.05) is 11.6 Å². The molecular weight excluding hydrogens is 210 g/mol. The lowest BCUT2D eigenvalue weighted by atomic mass is 10.1. The van der Waals surface area contributed by atoms with Crippen molar-refractivity contribution in [3.8, 4) is 5.75 Å². The highest BCUT2D eigenvalue weighted by molar-refractivity contribution is 6.31. The maximum Gasteiger partial charge on any atom is 0.119 e. The van der Waals surface area contributed by atoms with Gasteiger partial charge in [0.2, 0.25) is 0 Å². The first-order valence-corrected chi connectivity index (χ1v) is 5.73. The molecule has 1 N–H and O–H groups in total. The minimum atomic E-state index is 0.654. The molecule has 0 saturated carbocycles. The molecule has 1 saturated heterocycles. The fourth-order valence-corrected chi connectivity index (χ4v) is 1.90. The maximum absolute atomic E-state index is 5.94. The van der Waals surface area contributed by atoms with Crippen LogP contribution < -0.4 is 10.1 Å². The Morgan fingerprint density at radius 3 is 3.07 bits per heavy atom. The van der Waals surface area contributed by atoms with Gasteiger partial charge in [-0.15, -0.1) is 0 Å². The molecule has 1 aliphatic heterocycles. The molecule has 1 atom stereocenters. The number of aryl methyl sites for hydroxylation is 1. The van der Waals surface area contributed by atoms with Crippen molar-refractivity contribution in [2.45, 2.75) is 13.3 Å². The van der Waals surface area contributed by atoms with Gasteiger partial charge in [-0.3, -0.25) is 0 Å². The van der Waals surface area contributed by atoms with Crippen LogP contribution in [0.15, 0.2) is 18.2 Å². The summed E-state index contributed by atoms with van der Waals surface area (Å²) in [5.74, 6) is 1.57. The van der Waals surface area contributed by atoms with Crippen molar-refractivity contribution in [1.29, 1.82) is 0 Å². The van der Waals surface area contributed by atoms with Crippen LogP contribution in [0.5, 0.6) is 5.75 Å². The zero-order chi connectivity index (χ0) is 10.7. The normalized spacial score (nSPS) is 20.5. The topological polar surface area (TPSA) is 21.3 Å². The van der Waals surface area contributed by atoms with Crippen LogP contribution in [-0.2, 0) is 0 Å². The minimum Gasteiger partial charge on any atom is -0.493 e. The first-order chi connectivity index (χ1) is 7.25. The number of hydrogen-bond acceptors (Lipinski definition) is 2. The summed E-state index contributed by atoms with van der Waals surface area (Å²) in [5.41, 5.74) is 1.07. The Morgan fingerprint density at radius 1 is 1.53 bits per heavy atom. The lowest BCUT2D eigenvalue weighted by Gasteiger charge is -2.11. The second-order valence-corrected chi connectivity index (χ2v) is 4.49. The van der Waals surface area contributed by atoms with E-state index in [9.17, 15) is 0 Å². The average molecular weight is 226 g/mol. The summed E-state index contributed by atoms with van der Waals surface area (Å²) in [6, 6.07) is 5.81. The van der Waals surface area contributed by atoms with Gasteiger partial charge in [0.1, 0.15) is 5.75 Å². The van der Waals surface area contributed by atoms with E-state index in [1.54, 1.807) is 0 Å². The molecule has 1 heterocycles. The molecule has 82 valence electrons. The molecule has 0 bridgehead atoms. The predicted molar refractivity (Wildman–Crippen MR) is 62.7 cm³/mol. The van der Waals surface area contributed by atoms with E-state index in [-0.39, 0.29) is 0 Å². The molecule has 1 fully saturated rings. The van der Waals surface area contributed by atoms with Gasteiger partial charge in [0, 0.05) is 17.5 Å². The van der Waals surface area contributed by atoms with E-state index in [0.717, 1.165) is 36.0 Å². The number of halogens is 1. The van der Waals surface area contributed by atoms with Crippen LogP contribution >= 0.6 is 11.6 Å². The molecule has 0 aromatic heterocycles. The highest BCUT2D eigenvalue weighted by Crippen LogP contribution is 2.21. The van der Waals surface area contributed by atoms with Crippen molar-refractivity contribution in [2.75, 3.05) is 19.7 Å². The average Bonchev–Trinajstić information content (AvgIpc) is 2.73. The van der Waals surface area contributed by atoms with Crippen molar-refractivity contribution >= 4 is 11.6 Å². The molecule has 0 spiro atoms. The molecule has 3 heteroatoms. The van der Waals surface area contributed by atoms with Crippen LogP contribution in [-0.4, -0.2) is 19.7 Å². The van der Waals surface area contributed by atoms with E-state index >= 15 is 0 Å². The van der Waals surface area contributed by atoms with E-state index in [1.165, 1.54) is 6.42 Å². The number of nitrogens with one attached hydrogen (secondary N) is 1. The monoisotopic (exact) mass is 225 g/mol. The number of ether oxygens (including phenoxy) is 1. The van der Waals surface area contributed by atoms with Gasteiger partial charge in [-0.2, -0.15) is 0 Å². The Balaban J connectivity index is 1.90. The zero-order valence-electron chi connectivity index (χ0n) is 8.92. The molecule has 0 aliphatic carbocycles. The molecule has 2 nitrogen and oxygen atoms in total. The Labute approximate surface area is 95.6 Å². The molecule has 1 aromatic rings. The third kappa shape index (κ3) is 2.86. The molecule has 1 aromatic carbocycles. The van der Waals surface area contributed by atoms with Crippen LogP contribution in [0.4, 0.5) is 0 Å².